The minimum atomic E-state index is -0.500. The molecule has 1 aromatic carbocycles. The predicted molar refractivity (Wildman–Crippen MR) is 110 cm³/mol. The van der Waals surface area contributed by atoms with Crippen LogP contribution in [0.1, 0.15) is 36.1 Å². The molecule has 0 spiro atoms. The van der Waals surface area contributed by atoms with Crippen LogP contribution in [0.15, 0.2) is 59.5 Å². The number of hydrazine groups is 1. The molecule has 3 aromatic heterocycles. The van der Waals surface area contributed by atoms with Gasteiger partial charge in [-0.1, -0.05) is 0 Å². The van der Waals surface area contributed by atoms with Gasteiger partial charge >= 0.3 is 0 Å². The summed E-state index contributed by atoms with van der Waals surface area (Å²) in [7, 11) is 0. The monoisotopic (exact) mass is 437 g/mol. The molecule has 0 fully saturated rings. The van der Waals surface area contributed by atoms with Crippen LogP contribution in [0.2, 0.25) is 0 Å². The fourth-order valence-corrected chi connectivity index (χ4v) is 3.60. The van der Waals surface area contributed by atoms with E-state index in [-0.39, 0.29) is 5.76 Å². The Morgan fingerprint density at radius 2 is 1.81 bits per heavy atom. The van der Waals surface area contributed by atoms with Crippen molar-refractivity contribution in [1.29, 1.82) is 0 Å². The first kappa shape index (κ1) is 20.0. The van der Waals surface area contributed by atoms with E-state index < -0.39 is 17.7 Å². The number of carbonyl (C=O) groups excluding carboxylic acids is 3. The Morgan fingerprint density at radius 3 is 2.48 bits per heavy atom. The smallest absolute Gasteiger partial charge is 0.291 e. The molecule has 3 heterocycles. The van der Waals surface area contributed by atoms with Crippen molar-refractivity contribution in [2.45, 2.75) is 6.92 Å². The second kappa shape index (κ2) is 8.59. The molecule has 0 saturated carbocycles. The van der Waals surface area contributed by atoms with Gasteiger partial charge < -0.3 is 9.73 Å². The van der Waals surface area contributed by atoms with E-state index in [9.17, 15) is 14.4 Å². The first-order chi connectivity index (χ1) is 15.0. The van der Waals surface area contributed by atoms with Crippen LogP contribution in [0.5, 0.6) is 0 Å². The third kappa shape index (κ3) is 4.48. The van der Waals surface area contributed by atoms with Gasteiger partial charge in [0.05, 0.1) is 21.8 Å². The number of furan rings is 1. The second-order valence-corrected chi connectivity index (χ2v) is 7.32. The first-order valence-electron chi connectivity index (χ1n) is 8.90. The van der Waals surface area contributed by atoms with E-state index in [0.717, 1.165) is 11.3 Å². The minimum Gasteiger partial charge on any atom is -0.459 e. The highest BCUT2D eigenvalue weighted by Gasteiger charge is 2.17. The number of thiophene rings is 1. The van der Waals surface area contributed by atoms with Crippen LogP contribution in [0.3, 0.4) is 0 Å². The molecule has 0 unspecified atom stereocenters. The van der Waals surface area contributed by atoms with Gasteiger partial charge in [0.2, 0.25) is 0 Å². The molecule has 0 aliphatic heterocycles. The lowest BCUT2D eigenvalue weighted by Gasteiger charge is -2.07. The predicted octanol–water partition coefficient (Wildman–Crippen LogP) is 1.95. The van der Waals surface area contributed by atoms with Crippen molar-refractivity contribution < 1.29 is 18.8 Å². The van der Waals surface area contributed by atoms with Crippen molar-refractivity contribution in [3.05, 3.63) is 76.8 Å². The third-order valence-corrected chi connectivity index (χ3v) is 5.29. The fraction of sp³-hybridized carbons (Fsp3) is 0.0526. The largest absolute Gasteiger partial charge is 0.459 e. The van der Waals surface area contributed by atoms with E-state index in [1.807, 2.05) is 0 Å². The first-order valence-corrected chi connectivity index (χ1v) is 9.72. The molecule has 4 rings (SSSR count). The van der Waals surface area contributed by atoms with Crippen LogP contribution >= 0.6 is 11.3 Å². The maximum Gasteiger partial charge on any atom is 0.291 e. The quantitative estimate of drug-likeness (QED) is 0.405. The maximum absolute atomic E-state index is 12.5. The number of hydrogen-bond donors (Lipinski definition) is 3. The van der Waals surface area contributed by atoms with Gasteiger partial charge in [-0.25, -0.2) is 4.68 Å². The van der Waals surface area contributed by atoms with Gasteiger partial charge in [0.1, 0.15) is 6.33 Å². The van der Waals surface area contributed by atoms with Crippen LogP contribution in [0.4, 0.5) is 5.00 Å². The van der Waals surface area contributed by atoms with Crippen LogP contribution in [0.25, 0.3) is 5.69 Å². The van der Waals surface area contributed by atoms with Gasteiger partial charge in [-0.15, -0.1) is 16.4 Å². The number of aryl methyl sites for hydroxylation is 1. The zero-order chi connectivity index (χ0) is 21.8. The van der Waals surface area contributed by atoms with Crippen LogP contribution in [-0.2, 0) is 0 Å². The summed E-state index contributed by atoms with van der Waals surface area (Å²) in [6.45, 7) is 1.73. The maximum atomic E-state index is 12.5. The van der Waals surface area contributed by atoms with Crippen molar-refractivity contribution in [1.82, 2.24) is 31.1 Å². The Hall–Kier alpha value is -4.32. The standard InChI is InChI=1S/C19H15N7O4S/c1-11-9-15(21-18(28)14-3-2-8-30-14)31-16(11)19(29)23-22-17(27)12-4-6-13(7-5-12)26-10-20-24-25-26/h2-10H,1H3,(H,21,28)(H,22,27)(H,23,29). The van der Waals surface area contributed by atoms with E-state index in [1.54, 1.807) is 43.3 Å². The molecule has 31 heavy (non-hydrogen) atoms. The summed E-state index contributed by atoms with van der Waals surface area (Å²) >= 11 is 1.08. The Morgan fingerprint density at radius 1 is 1.03 bits per heavy atom. The average Bonchev–Trinajstić information content (AvgIpc) is 3.54. The van der Waals surface area contributed by atoms with Gasteiger partial charge in [-0.05, 0) is 65.4 Å². The normalized spacial score (nSPS) is 10.5. The van der Waals surface area contributed by atoms with E-state index in [1.165, 1.54) is 23.3 Å². The topological polar surface area (TPSA) is 144 Å². The van der Waals surface area contributed by atoms with Gasteiger partial charge in [0.25, 0.3) is 17.7 Å². The number of nitrogens with zero attached hydrogens (tertiary/aromatic N) is 4. The lowest BCUT2D eigenvalue weighted by molar-refractivity contribution is 0.0848. The zero-order valence-electron chi connectivity index (χ0n) is 16.0. The molecule has 0 aliphatic carbocycles. The number of benzene rings is 1. The highest BCUT2D eigenvalue weighted by molar-refractivity contribution is 7.18. The zero-order valence-corrected chi connectivity index (χ0v) is 16.8. The molecule has 0 aliphatic rings. The Bertz CT molecular complexity index is 1210. The van der Waals surface area contributed by atoms with Crippen molar-refractivity contribution in [3.8, 4) is 5.69 Å². The highest BCUT2D eigenvalue weighted by atomic mass is 32.1. The number of nitrogens with one attached hydrogen (secondary N) is 3. The Kier molecular flexibility index (Phi) is 5.53. The summed E-state index contributed by atoms with van der Waals surface area (Å²) in [5.74, 6) is -1.25. The molecule has 0 atom stereocenters. The summed E-state index contributed by atoms with van der Waals surface area (Å²) in [5.41, 5.74) is 6.42. The lowest BCUT2D eigenvalue weighted by atomic mass is 10.2. The Labute approximate surface area is 179 Å². The fourth-order valence-electron chi connectivity index (χ4n) is 2.64. The van der Waals surface area contributed by atoms with Crippen LogP contribution in [-0.4, -0.2) is 37.9 Å². The lowest BCUT2D eigenvalue weighted by Crippen LogP contribution is -2.41. The molecule has 3 N–H and O–H groups in total. The van der Waals surface area contributed by atoms with E-state index >= 15 is 0 Å². The van der Waals surface area contributed by atoms with Crippen molar-refractivity contribution >= 4 is 34.1 Å². The molecule has 11 nitrogen and oxygen atoms in total. The van der Waals surface area contributed by atoms with Crippen molar-refractivity contribution in [3.63, 3.8) is 0 Å². The third-order valence-electron chi connectivity index (χ3n) is 4.14. The molecule has 12 heteroatoms. The number of rotatable bonds is 5. The summed E-state index contributed by atoms with van der Waals surface area (Å²) in [6, 6.07) is 11.3. The highest BCUT2D eigenvalue weighted by Crippen LogP contribution is 2.27. The van der Waals surface area contributed by atoms with E-state index in [4.69, 9.17) is 4.42 Å². The van der Waals surface area contributed by atoms with Gasteiger partial charge in [0, 0.05) is 5.56 Å². The number of aromatic nitrogens is 4. The molecule has 156 valence electrons. The van der Waals surface area contributed by atoms with Gasteiger partial charge in [0.15, 0.2) is 5.76 Å². The summed E-state index contributed by atoms with van der Waals surface area (Å²) in [6.07, 6.45) is 2.83. The molecular formula is C19H15N7O4S. The number of carbonyl (C=O) groups is 3. The van der Waals surface area contributed by atoms with Crippen LogP contribution < -0.4 is 16.2 Å². The Balaban J connectivity index is 1.35. The van der Waals surface area contributed by atoms with Crippen molar-refractivity contribution in [2.24, 2.45) is 0 Å². The van der Waals surface area contributed by atoms with Gasteiger partial charge in [-0.3, -0.25) is 25.2 Å². The molecule has 3 amide bonds. The minimum absolute atomic E-state index is 0.162. The number of tetrazole rings is 1. The van der Waals surface area contributed by atoms with E-state index in [2.05, 4.69) is 31.7 Å². The van der Waals surface area contributed by atoms with Gasteiger partial charge in [-0.2, -0.15) is 0 Å². The average molecular weight is 437 g/mol. The SMILES string of the molecule is Cc1cc(NC(=O)c2ccco2)sc1C(=O)NNC(=O)c1ccc(-n2cnnn2)cc1. The second-order valence-electron chi connectivity index (χ2n) is 6.26. The van der Waals surface area contributed by atoms with E-state index in [0.29, 0.717) is 26.7 Å². The summed E-state index contributed by atoms with van der Waals surface area (Å²) in [5, 5.41) is 14.0. The van der Waals surface area contributed by atoms with Crippen LogP contribution in [0, 0.1) is 6.92 Å². The molecule has 0 bridgehead atoms. The number of anilines is 1. The number of hydrogen-bond acceptors (Lipinski definition) is 8. The molecule has 0 saturated heterocycles. The summed E-state index contributed by atoms with van der Waals surface area (Å²) in [4.78, 5) is 37.2. The molecule has 0 radical (unpaired) electrons. The van der Waals surface area contributed by atoms with Crippen molar-refractivity contribution in [2.75, 3.05) is 5.32 Å². The molecular weight excluding hydrogens is 422 g/mol. The summed E-state index contributed by atoms with van der Waals surface area (Å²) < 4.78 is 6.49. The number of amides is 3. The molecule has 4 aromatic rings.